The molecule has 8 heteroatoms. The molecule has 1 aromatic carbocycles. The minimum absolute atomic E-state index is 0.105. The maximum atomic E-state index is 12.9. The fourth-order valence-corrected chi connectivity index (χ4v) is 4.54. The highest BCUT2D eigenvalue weighted by molar-refractivity contribution is 7.10. The van der Waals surface area contributed by atoms with E-state index < -0.39 is 17.7 Å². The maximum absolute atomic E-state index is 12.9. The van der Waals surface area contributed by atoms with Crippen molar-refractivity contribution in [2.45, 2.75) is 6.04 Å². The van der Waals surface area contributed by atoms with Crippen molar-refractivity contribution in [2.24, 2.45) is 0 Å². The number of rotatable bonds is 5. The van der Waals surface area contributed by atoms with Gasteiger partial charge in [0.15, 0.2) is 0 Å². The summed E-state index contributed by atoms with van der Waals surface area (Å²) in [6.45, 7) is 1.89. The molecule has 1 atom stereocenters. The minimum atomic E-state index is -0.681. The highest BCUT2D eigenvalue weighted by Crippen LogP contribution is 2.42. The summed E-state index contributed by atoms with van der Waals surface area (Å²) < 4.78 is 10.8. The van der Waals surface area contributed by atoms with Crippen molar-refractivity contribution in [1.82, 2.24) is 4.90 Å². The normalized spacial score (nSPS) is 20.7. The summed E-state index contributed by atoms with van der Waals surface area (Å²) in [5.74, 6) is -0.756. The van der Waals surface area contributed by atoms with Crippen LogP contribution in [0.1, 0.15) is 16.5 Å². The summed E-state index contributed by atoms with van der Waals surface area (Å²) in [5, 5.41) is 13.0. The van der Waals surface area contributed by atoms with Crippen LogP contribution in [0, 0.1) is 0 Å². The van der Waals surface area contributed by atoms with Crippen molar-refractivity contribution >= 4 is 34.5 Å². The quantitative estimate of drug-likeness (QED) is 0.460. The molecule has 0 spiro atoms. The van der Waals surface area contributed by atoms with Gasteiger partial charge < -0.3 is 24.4 Å². The number of benzene rings is 1. The van der Waals surface area contributed by atoms with Crippen molar-refractivity contribution in [1.29, 1.82) is 0 Å². The molecule has 0 radical (unpaired) electrons. The number of likely N-dealkylation sites (tertiary alicyclic amines) is 1. The van der Waals surface area contributed by atoms with Crippen LogP contribution in [-0.2, 0) is 14.3 Å². The molecule has 2 aromatic rings. The molecule has 1 aromatic heterocycles. The van der Waals surface area contributed by atoms with Crippen molar-refractivity contribution in [3.8, 4) is 5.75 Å². The molecule has 1 fully saturated rings. The number of ketones is 1. The summed E-state index contributed by atoms with van der Waals surface area (Å²) in [5.41, 5.74) is 1.42. The van der Waals surface area contributed by atoms with Gasteiger partial charge in [-0.05, 0) is 29.6 Å². The zero-order chi connectivity index (χ0) is 20.5. The van der Waals surface area contributed by atoms with Crippen molar-refractivity contribution in [3.05, 3.63) is 51.7 Å². The third kappa shape index (κ3) is 3.38. The average Bonchev–Trinajstić information content (AvgIpc) is 3.34. The Balaban J connectivity index is 1.82. The van der Waals surface area contributed by atoms with Gasteiger partial charge in [0.1, 0.15) is 18.1 Å². The summed E-state index contributed by atoms with van der Waals surface area (Å²) in [6, 6.07) is 8.38. The molecule has 0 aliphatic carbocycles. The number of aliphatic hydroxyl groups excluding tert-OH is 1. The van der Waals surface area contributed by atoms with Gasteiger partial charge in [0.05, 0.1) is 30.5 Å². The molecule has 3 heterocycles. The Hall–Kier alpha value is -2.84. The average molecular weight is 414 g/mol. The second-order valence-corrected chi connectivity index (χ2v) is 7.93. The number of nitrogens with zero attached hydrogens (tertiary/aromatic N) is 2. The van der Waals surface area contributed by atoms with Gasteiger partial charge in [0, 0.05) is 31.1 Å². The van der Waals surface area contributed by atoms with Gasteiger partial charge in [-0.1, -0.05) is 6.07 Å². The molecule has 2 aliphatic heterocycles. The highest BCUT2D eigenvalue weighted by Gasteiger charge is 2.46. The fourth-order valence-electron chi connectivity index (χ4n) is 3.70. The summed E-state index contributed by atoms with van der Waals surface area (Å²) in [7, 11) is 3.49. The Kier molecular flexibility index (Phi) is 5.29. The molecule has 4 rings (SSSR count). The number of hydrogen-bond acceptors (Lipinski definition) is 7. The number of aliphatic hydroxyl groups is 1. The van der Waals surface area contributed by atoms with Crippen LogP contribution >= 0.6 is 11.3 Å². The first-order valence-corrected chi connectivity index (χ1v) is 10.2. The Morgan fingerprint density at radius 2 is 2.17 bits per heavy atom. The maximum Gasteiger partial charge on any atom is 0.295 e. The van der Waals surface area contributed by atoms with E-state index in [9.17, 15) is 14.7 Å². The lowest BCUT2D eigenvalue weighted by atomic mass is 9.99. The number of methoxy groups -OCH3 is 1. The molecule has 1 unspecified atom stereocenters. The monoisotopic (exact) mass is 414 g/mol. The Morgan fingerprint density at radius 1 is 1.34 bits per heavy atom. The highest BCUT2D eigenvalue weighted by atomic mass is 32.1. The second kappa shape index (κ2) is 7.88. The SMILES string of the molecule is COCCN1C(=O)C(=O)/C(=C(\O)c2ccc3c(c2)N(C)CCO3)C1c1cccs1. The number of likely N-dealkylation sites (N-methyl/N-ethyl adjacent to an activating group) is 1. The van der Waals surface area contributed by atoms with Crippen LogP contribution in [0.25, 0.3) is 5.76 Å². The number of hydrogen-bond donors (Lipinski definition) is 1. The number of amides is 1. The third-order valence-corrected chi connectivity index (χ3v) is 6.14. The van der Waals surface area contributed by atoms with Gasteiger partial charge in [0.25, 0.3) is 11.7 Å². The zero-order valence-electron chi connectivity index (χ0n) is 16.3. The van der Waals surface area contributed by atoms with Gasteiger partial charge >= 0.3 is 0 Å². The zero-order valence-corrected chi connectivity index (χ0v) is 17.1. The molecule has 1 N–H and O–H groups in total. The van der Waals surface area contributed by atoms with Crippen LogP contribution in [0.4, 0.5) is 5.69 Å². The third-order valence-electron chi connectivity index (χ3n) is 5.22. The molecule has 1 amide bonds. The molecule has 152 valence electrons. The van der Waals surface area contributed by atoms with E-state index in [1.54, 1.807) is 25.3 Å². The van der Waals surface area contributed by atoms with E-state index in [4.69, 9.17) is 9.47 Å². The van der Waals surface area contributed by atoms with Gasteiger partial charge in [-0.2, -0.15) is 0 Å². The molecule has 1 saturated heterocycles. The van der Waals surface area contributed by atoms with Gasteiger partial charge in [-0.3, -0.25) is 9.59 Å². The van der Waals surface area contributed by atoms with E-state index in [1.807, 2.05) is 29.5 Å². The smallest absolute Gasteiger partial charge is 0.295 e. The van der Waals surface area contributed by atoms with Crippen LogP contribution in [0.15, 0.2) is 41.3 Å². The molecular weight excluding hydrogens is 392 g/mol. The Morgan fingerprint density at radius 3 is 2.90 bits per heavy atom. The lowest BCUT2D eigenvalue weighted by Crippen LogP contribution is -2.32. The fraction of sp³-hybridized carbons (Fsp3) is 0.333. The molecule has 0 saturated carbocycles. The molecule has 0 bridgehead atoms. The van der Waals surface area contributed by atoms with Crippen molar-refractivity contribution in [2.75, 3.05) is 45.4 Å². The first kappa shape index (κ1) is 19.5. The Bertz CT molecular complexity index is 969. The van der Waals surface area contributed by atoms with Crippen molar-refractivity contribution in [3.63, 3.8) is 0 Å². The van der Waals surface area contributed by atoms with Gasteiger partial charge in [0.2, 0.25) is 0 Å². The van der Waals surface area contributed by atoms with E-state index >= 15 is 0 Å². The van der Waals surface area contributed by atoms with Crippen LogP contribution in [0.3, 0.4) is 0 Å². The van der Waals surface area contributed by atoms with E-state index in [1.165, 1.54) is 16.2 Å². The summed E-state index contributed by atoms with van der Waals surface area (Å²) in [4.78, 5) is 29.9. The summed E-state index contributed by atoms with van der Waals surface area (Å²) >= 11 is 1.44. The predicted molar refractivity (Wildman–Crippen MR) is 110 cm³/mol. The van der Waals surface area contributed by atoms with Crippen LogP contribution in [0.2, 0.25) is 0 Å². The number of fused-ring (bicyclic) bond motifs is 1. The van der Waals surface area contributed by atoms with E-state index in [2.05, 4.69) is 0 Å². The number of Topliss-reactive ketones (excluding diaryl/α,β-unsaturated/α-hetero) is 1. The van der Waals surface area contributed by atoms with Crippen LogP contribution < -0.4 is 9.64 Å². The number of carbonyl (C=O) groups is 2. The molecule has 29 heavy (non-hydrogen) atoms. The van der Waals surface area contributed by atoms with E-state index in [0.29, 0.717) is 18.8 Å². The second-order valence-electron chi connectivity index (χ2n) is 6.95. The number of carbonyl (C=O) groups excluding carboxylic acids is 2. The van der Waals surface area contributed by atoms with Crippen LogP contribution in [-0.4, -0.2) is 62.2 Å². The first-order chi connectivity index (χ1) is 14.0. The molecule has 2 aliphatic rings. The largest absolute Gasteiger partial charge is 0.507 e. The lowest BCUT2D eigenvalue weighted by molar-refractivity contribution is -0.140. The summed E-state index contributed by atoms with van der Waals surface area (Å²) in [6.07, 6.45) is 0. The topological polar surface area (TPSA) is 79.3 Å². The lowest BCUT2D eigenvalue weighted by Gasteiger charge is -2.28. The Labute approximate surface area is 172 Å². The van der Waals surface area contributed by atoms with Gasteiger partial charge in [-0.15, -0.1) is 11.3 Å². The number of anilines is 1. The van der Waals surface area contributed by atoms with Gasteiger partial charge in [-0.25, -0.2) is 0 Å². The number of thiophene rings is 1. The number of ether oxygens (including phenoxy) is 2. The first-order valence-electron chi connectivity index (χ1n) is 9.32. The van der Waals surface area contributed by atoms with Crippen LogP contribution in [0.5, 0.6) is 5.75 Å². The standard InChI is InChI=1S/C21H22N2O5S/c1-22-7-10-28-15-6-5-13(12-14(15)22)19(24)17-18(16-4-3-11-29-16)23(8-9-27-2)21(26)20(17)25/h3-6,11-12,18,24H,7-10H2,1-2H3/b19-17-. The van der Waals surface area contributed by atoms with Crippen molar-refractivity contribution < 1.29 is 24.2 Å². The predicted octanol–water partition coefficient (Wildman–Crippen LogP) is 2.64. The minimum Gasteiger partial charge on any atom is -0.507 e. The molecular formula is C21H22N2O5S. The van der Waals surface area contributed by atoms with E-state index in [0.717, 1.165) is 22.9 Å². The molecule has 7 nitrogen and oxygen atoms in total. The van der Waals surface area contributed by atoms with E-state index in [-0.39, 0.29) is 17.9 Å².